The van der Waals surface area contributed by atoms with Gasteiger partial charge in [0.25, 0.3) is 0 Å². The van der Waals surface area contributed by atoms with Gasteiger partial charge in [-0.1, -0.05) is 52.4 Å². The number of hydrogen-bond donors (Lipinski definition) is 0. The van der Waals surface area contributed by atoms with E-state index >= 15 is 0 Å². The molecule has 0 aliphatic carbocycles. The predicted molar refractivity (Wildman–Crippen MR) is 197 cm³/mol. The molecule has 2 atom stereocenters. The Kier molecular flexibility index (Phi) is 30.2. The van der Waals surface area contributed by atoms with Gasteiger partial charge in [-0.15, -0.1) is 0 Å². The van der Waals surface area contributed by atoms with E-state index < -0.39 is 72.4 Å². The van der Waals surface area contributed by atoms with Gasteiger partial charge in [-0.3, -0.25) is 0 Å². The van der Waals surface area contributed by atoms with Crippen LogP contribution in [0.15, 0.2) is 0 Å². The van der Waals surface area contributed by atoms with Crippen LogP contribution in [0.4, 0.5) is 0 Å². The molecule has 0 aromatic rings. The number of rotatable bonds is 28. The van der Waals surface area contributed by atoms with Gasteiger partial charge in [0.1, 0.15) is 12.2 Å². The Morgan fingerprint density at radius 1 is 0.358 bits per heavy atom. The number of unbranched alkanes of at least 4 members (excludes halogenated alkanes) is 4. The van der Waals surface area contributed by atoms with E-state index in [0.717, 1.165) is 38.5 Å². The maximum Gasteiger partial charge on any atom is 4.00 e. The average molecular weight is 801 g/mol. The van der Waals surface area contributed by atoms with Gasteiger partial charge in [0.2, 0.25) is 0 Å². The maximum atomic E-state index is 13.2. The maximum absolute atomic E-state index is 13.2. The zero-order valence-electron chi connectivity index (χ0n) is 36.8. The molecule has 0 aromatic carbocycles. The van der Waals surface area contributed by atoms with Crippen molar-refractivity contribution in [1.82, 2.24) is 0 Å². The molecule has 0 aliphatic heterocycles. The van der Waals surface area contributed by atoms with Crippen LogP contribution in [0.1, 0.15) is 176 Å². The summed E-state index contributed by atoms with van der Waals surface area (Å²) in [7, 11) is 0. The van der Waals surface area contributed by atoms with E-state index in [-0.39, 0.29) is 33.9 Å². The van der Waals surface area contributed by atoms with Crippen LogP contribution in [0.5, 0.6) is 0 Å². The average Bonchev–Trinajstić information content (AvgIpc) is 2.93. The molecule has 0 saturated heterocycles. The van der Waals surface area contributed by atoms with Crippen LogP contribution in [0, 0.1) is 0 Å². The fourth-order valence-electron chi connectivity index (χ4n) is 5.74. The molecule has 0 fully saturated rings. The molecule has 12 nitrogen and oxygen atoms in total. The smallest absolute Gasteiger partial charge is 0.838 e. The summed E-state index contributed by atoms with van der Waals surface area (Å²) in [4.78, 5) is 0. The van der Waals surface area contributed by atoms with Gasteiger partial charge in [0, 0.05) is 12.2 Å². The van der Waals surface area contributed by atoms with Gasteiger partial charge in [-0.05, 0) is 136 Å². The summed E-state index contributed by atoms with van der Waals surface area (Å²) >= 11 is 0. The van der Waals surface area contributed by atoms with Crippen molar-refractivity contribution in [3.05, 3.63) is 0 Å². The van der Waals surface area contributed by atoms with Gasteiger partial charge in [0.15, 0.2) is 11.6 Å². The Labute approximate surface area is 339 Å². The van der Waals surface area contributed by atoms with Crippen molar-refractivity contribution in [3.63, 3.8) is 0 Å². The van der Waals surface area contributed by atoms with Gasteiger partial charge < -0.3 is 58.3 Å². The molecule has 0 amide bonds. The van der Waals surface area contributed by atoms with Gasteiger partial charge >= 0.3 is 21.7 Å². The third-order valence-electron chi connectivity index (χ3n) is 7.14. The van der Waals surface area contributed by atoms with Gasteiger partial charge in [-0.25, -0.2) is 0 Å². The van der Waals surface area contributed by atoms with Crippen LogP contribution < -0.4 is 20.4 Å². The summed E-state index contributed by atoms with van der Waals surface area (Å²) in [6.07, 6.45) is 1.74. The summed E-state index contributed by atoms with van der Waals surface area (Å²) in [6, 6.07) is 0. The number of ether oxygens (including phenoxy) is 8. The van der Waals surface area contributed by atoms with Crippen molar-refractivity contribution in [3.8, 4) is 0 Å². The Bertz CT molecular complexity index is 788. The van der Waals surface area contributed by atoms with Crippen molar-refractivity contribution < 1.29 is 80.0 Å². The van der Waals surface area contributed by atoms with E-state index in [1.165, 1.54) is 0 Å². The standard InChI is InChI=1S/2C20H40O6.Ti/c2*1-10-11-12-13-18(23-14(2)3)19(24-15(4)5,25-16(6)7)20(21,22)26-17(8)9;/h2*14-18H,10-13H2,1-9H3;/q2*-2;+4. The fraction of sp³-hybridized carbons (Fsp3) is 1.00. The Balaban J connectivity index is -0.000000926. The summed E-state index contributed by atoms with van der Waals surface area (Å²) in [5.74, 6) is -10.5. The van der Waals surface area contributed by atoms with Crippen molar-refractivity contribution >= 4 is 0 Å². The van der Waals surface area contributed by atoms with Crippen LogP contribution in [-0.4, -0.2) is 84.6 Å². The largest absolute Gasteiger partial charge is 4.00 e. The van der Waals surface area contributed by atoms with Gasteiger partial charge in [0.05, 0.1) is 36.6 Å². The minimum Gasteiger partial charge on any atom is -0.838 e. The molecule has 0 spiro atoms. The second-order valence-electron chi connectivity index (χ2n) is 15.8. The third-order valence-corrected chi connectivity index (χ3v) is 7.14. The summed E-state index contributed by atoms with van der Waals surface area (Å²) in [5, 5.41) is 52.6. The first-order valence-electron chi connectivity index (χ1n) is 19.9. The van der Waals surface area contributed by atoms with E-state index in [0.29, 0.717) is 12.8 Å². The van der Waals surface area contributed by atoms with Crippen LogP contribution in [0.2, 0.25) is 0 Å². The normalized spacial score (nSPS) is 14.6. The number of hydrogen-bond acceptors (Lipinski definition) is 12. The zero-order chi connectivity index (χ0) is 41.1. The third kappa shape index (κ3) is 21.5. The second-order valence-corrected chi connectivity index (χ2v) is 15.8. The predicted octanol–water partition coefficient (Wildman–Crippen LogP) is 5.41. The van der Waals surface area contributed by atoms with Crippen LogP contribution in [0.25, 0.3) is 0 Å². The summed E-state index contributed by atoms with van der Waals surface area (Å²) < 4.78 is 46.1. The fourth-order valence-corrected chi connectivity index (χ4v) is 5.74. The first-order valence-corrected chi connectivity index (χ1v) is 19.9. The van der Waals surface area contributed by atoms with Crippen LogP contribution >= 0.6 is 0 Å². The van der Waals surface area contributed by atoms with Crippen molar-refractivity contribution in [2.45, 2.75) is 261 Å². The summed E-state index contributed by atoms with van der Waals surface area (Å²) in [5.41, 5.74) is 0. The quantitative estimate of drug-likeness (QED) is 0.0562. The molecular formula is C40H80O12Ti. The first kappa shape index (κ1) is 57.6. The first-order chi connectivity index (χ1) is 23.7. The van der Waals surface area contributed by atoms with E-state index in [4.69, 9.17) is 37.9 Å². The molecule has 2 unspecified atom stereocenters. The topological polar surface area (TPSA) is 166 Å². The molecule has 0 saturated carbocycles. The minimum absolute atomic E-state index is 0. The SMILES string of the molecule is CCCCCC(OC(C)C)C(OC(C)C)(OC(C)C)C([O-])([O-])OC(C)C.CCCCCC(OC(C)C)C(OC(C)C)(OC(C)C)C([O-])([O-])OC(C)C.[Ti+4]. The Morgan fingerprint density at radius 2 is 0.585 bits per heavy atom. The van der Waals surface area contributed by atoms with Crippen molar-refractivity contribution in [1.29, 1.82) is 0 Å². The van der Waals surface area contributed by atoms with E-state index in [9.17, 15) is 20.4 Å². The molecule has 0 aromatic heterocycles. The van der Waals surface area contributed by atoms with E-state index in [1.54, 1.807) is 83.1 Å². The monoisotopic (exact) mass is 801 g/mol. The minimum atomic E-state index is -3.17. The molecule has 316 valence electrons. The van der Waals surface area contributed by atoms with E-state index in [2.05, 4.69) is 13.8 Å². The molecule has 0 rings (SSSR count). The van der Waals surface area contributed by atoms with Crippen LogP contribution in [-0.2, 0) is 59.6 Å². The molecule has 0 radical (unpaired) electrons. The van der Waals surface area contributed by atoms with Crippen molar-refractivity contribution in [2.24, 2.45) is 0 Å². The van der Waals surface area contributed by atoms with E-state index in [1.807, 2.05) is 27.7 Å². The Morgan fingerprint density at radius 3 is 0.755 bits per heavy atom. The molecule has 0 N–H and O–H groups in total. The Hall–Kier alpha value is 0.234. The molecule has 0 heterocycles. The van der Waals surface area contributed by atoms with Gasteiger partial charge in [-0.2, -0.15) is 0 Å². The summed E-state index contributed by atoms with van der Waals surface area (Å²) in [6.45, 7) is 32.4. The zero-order valence-corrected chi connectivity index (χ0v) is 38.4. The van der Waals surface area contributed by atoms with Crippen molar-refractivity contribution in [2.75, 3.05) is 0 Å². The molecule has 0 bridgehead atoms. The second kappa shape index (κ2) is 27.8. The molecule has 0 aliphatic rings. The molecule has 53 heavy (non-hydrogen) atoms. The molecular weight excluding hydrogens is 720 g/mol. The molecule has 13 heteroatoms. The van der Waals surface area contributed by atoms with Crippen LogP contribution in [0.3, 0.4) is 0 Å².